The normalized spacial score (nSPS) is 14.7. The van der Waals surface area contributed by atoms with Crippen LogP contribution < -0.4 is 0 Å². The van der Waals surface area contributed by atoms with Gasteiger partial charge >= 0.3 is 5.97 Å². The van der Waals surface area contributed by atoms with Crippen molar-refractivity contribution in [1.29, 1.82) is 0 Å². The van der Waals surface area contributed by atoms with Gasteiger partial charge in [0.05, 0.1) is 12.5 Å². The molecule has 6 heteroatoms. The Bertz CT molecular complexity index is 349. The van der Waals surface area contributed by atoms with E-state index in [1.54, 1.807) is 11.4 Å². The van der Waals surface area contributed by atoms with Gasteiger partial charge < -0.3 is 20.4 Å². The Morgan fingerprint density at radius 2 is 2.12 bits per heavy atom. The Morgan fingerprint density at radius 1 is 1.44 bits per heavy atom. The number of carboxylic acids is 1. The van der Waals surface area contributed by atoms with Crippen molar-refractivity contribution in [1.82, 2.24) is 0 Å². The van der Waals surface area contributed by atoms with E-state index in [4.69, 9.17) is 10.2 Å². The Balaban J connectivity index is 2.65. The lowest BCUT2D eigenvalue weighted by molar-refractivity contribution is -0.136. The van der Waals surface area contributed by atoms with Crippen LogP contribution in [0.2, 0.25) is 0 Å². The minimum Gasteiger partial charge on any atom is -0.481 e. The van der Waals surface area contributed by atoms with Crippen molar-refractivity contribution in [2.24, 2.45) is 0 Å². The highest BCUT2D eigenvalue weighted by Gasteiger charge is 2.19. The van der Waals surface area contributed by atoms with Gasteiger partial charge in [0.2, 0.25) is 0 Å². The zero-order chi connectivity index (χ0) is 12.1. The minimum absolute atomic E-state index is 0.0886. The van der Waals surface area contributed by atoms with Crippen LogP contribution in [0.3, 0.4) is 0 Å². The first-order chi connectivity index (χ1) is 7.54. The second-order valence-corrected chi connectivity index (χ2v) is 4.44. The molecule has 0 aliphatic heterocycles. The van der Waals surface area contributed by atoms with Crippen molar-refractivity contribution in [3.8, 4) is 0 Å². The van der Waals surface area contributed by atoms with Gasteiger partial charge in [0, 0.05) is 11.5 Å². The fraction of sp³-hybridized carbons (Fsp3) is 0.500. The first-order valence-electron chi connectivity index (χ1n) is 4.80. The van der Waals surface area contributed by atoms with Crippen molar-refractivity contribution < 1.29 is 25.2 Å². The molecule has 0 radical (unpaired) electrons. The average molecular weight is 246 g/mol. The highest BCUT2D eigenvalue weighted by Crippen LogP contribution is 2.24. The molecule has 2 atom stereocenters. The third kappa shape index (κ3) is 3.57. The van der Waals surface area contributed by atoms with Crippen LogP contribution in [0.4, 0.5) is 0 Å². The monoisotopic (exact) mass is 246 g/mol. The molecule has 16 heavy (non-hydrogen) atoms. The number of aliphatic hydroxyl groups is 3. The van der Waals surface area contributed by atoms with E-state index >= 15 is 0 Å². The highest BCUT2D eigenvalue weighted by molar-refractivity contribution is 7.10. The van der Waals surface area contributed by atoms with Gasteiger partial charge in [-0.25, -0.2) is 0 Å². The zero-order valence-electron chi connectivity index (χ0n) is 8.54. The molecule has 1 aromatic rings. The predicted octanol–water partition coefficient (Wildman–Crippen LogP) is 0.152. The average Bonchev–Trinajstić information content (AvgIpc) is 2.64. The number of carboxylic acid groups (broad SMARTS) is 1. The maximum atomic E-state index is 10.4. The summed E-state index contributed by atoms with van der Waals surface area (Å²) < 4.78 is 0. The molecule has 0 saturated heterocycles. The number of aliphatic hydroxyl groups excluding tert-OH is 3. The molecular formula is C10H14O5S. The molecule has 0 amide bonds. The Morgan fingerprint density at radius 3 is 2.69 bits per heavy atom. The van der Waals surface area contributed by atoms with Gasteiger partial charge in [0.25, 0.3) is 0 Å². The van der Waals surface area contributed by atoms with Crippen LogP contribution in [-0.4, -0.2) is 39.1 Å². The molecule has 0 spiro atoms. The van der Waals surface area contributed by atoms with Crippen LogP contribution in [0.5, 0.6) is 0 Å². The Hall–Kier alpha value is -0.950. The minimum atomic E-state index is -1.08. The van der Waals surface area contributed by atoms with Gasteiger partial charge in [-0.1, -0.05) is 0 Å². The van der Waals surface area contributed by atoms with Gasteiger partial charge in [-0.15, -0.1) is 11.3 Å². The summed E-state index contributed by atoms with van der Waals surface area (Å²) in [7, 11) is 0. The molecule has 0 saturated carbocycles. The standard InChI is InChI=1S/C10H14O5S/c11-2-1-8(12)10(15)6-3-7(16-5-6)4-9(13)14/h3,5,8,10-12,15H,1-2,4H2,(H,13,14). The number of hydrogen-bond acceptors (Lipinski definition) is 5. The molecule has 0 aliphatic carbocycles. The van der Waals surface area contributed by atoms with Crippen molar-refractivity contribution in [3.63, 3.8) is 0 Å². The largest absolute Gasteiger partial charge is 0.481 e. The first-order valence-corrected chi connectivity index (χ1v) is 5.68. The summed E-state index contributed by atoms with van der Waals surface area (Å²) in [6.07, 6.45) is -2.11. The summed E-state index contributed by atoms with van der Waals surface area (Å²) in [6, 6.07) is 1.56. The topological polar surface area (TPSA) is 98.0 Å². The molecular weight excluding hydrogens is 232 g/mol. The summed E-state index contributed by atoms with van der Waals surface area (Å²) >= 11 is 1.23. The van der Waals surface area contributed by atoms with E-state index in [0.717, 1.165) is 0 Å². The van der Waals surface area contributed by atoms with Crippen molar-refractivity contribution >= 4 is 17.3 Å². The smallest absolute Gasteiger partial charge is 0.308 e. The molecule has 5 nitrogen and oxygen atoms in total. The molecule has 90 valence electrons. The van der Waals surface area contributed by atoms with E-state index in [9.17, 15) is 15.0 Å². The third-order valence-electron chi connectivity index (χ3n) is 2.13. The lowest BCUT2D eigenvalue weighted by Gasteiger charge is -2.15. The number of thiophene rings is 1. The maximum Gasteiger partial charge on any atom is 0.308 e. The third-order valence-corrected chi connectivity index (χ3v) is 3.09. The fourth-order valence-electron chi connectivity index (χ4n) is 1.31. The summed E-state index contributed by atoms with van der Waals surface area (Å²) in [6.45, 7) is -0.204. The van der Waals surface area contributed by atoms with Crippen LogP contribution in [0.15, 0.2) is 11.4 Å². The number of carbonyl (C=O) groups is 1. The quantitative estimate of drug-likeness (QED) is 0.573. The molecule has 0 fully saturated rings. The van der Waals surface area contributed by atoms with Crippen LogP contribution in [0.25, 0.3) is 0 Å². The van der Waals surface area contributed by atoms with Crippen LogP contribution in [-0.2, 0) is 11.2 Å². The van der Waals surface area contributed by atoms with Crippen molar-refractivity contribution in [3.05, 3.63) is 21.9 Å². The molecule has 0 aliphatic rings. The number of rotatable bonds is 6. The summed E-state index contributed by atoms with van der Waals surface area (Å²) in [5.41, 5.74) is 0.488. The zero-order valence-corrected chi connectivity index (χ0v) is 9.35. The van der Waals surface area contributed by atoms with E-state index in [1.807, 2.05) is 0 Å². The molecule has 2 unspecified atom stereocenters. The molecule has 1 rings (SSSR count). The second-order valence-electron chi connectivity index (χ2n) is 3.44. The van der Waals surface area contributed by atoms with Crippen molar-refractivity contribution in [2.45, 2.75) is 25.0 Å². The van der Waals surface area contributed by atoms with Crippen LogP contribution in [0.1, 0.15) is 23.0 Å². The molecule has 0 aromatic carbocycles. The van der Waals surface area contributed by atoms with Gasteiger partial charge in [-0.05, 0) is 23.4 Å². The first kappa shape index (κ1) is 13.1. The van der Waals surface area contributed by atoms with Crippen LogP contribution >= 0.6 is 11.3 Å². The number of aliphatic carboxylic acids is 1. The van der Waals surface area contributed by atoms with E-state index in [1.165, 1.54) is 11.3 Å². The van der Waals surface area contributed by atoms with E-state index in [2.05, 4.69) is 0 Å². The summed E-state index contributed by atoms with van der Waals surface area (Å²) in [5.74, 6) is -0.932. The second kappa shape index (κ2) is 5.95. The maximum absolute atomic E-state index is 10.4. The van der Waals surface area contributed by atoms with Gasteiger partial charge in [0.1, 0.15) is 6.10 Å². The summed E-state index contributed by atoms with van der Waals surface area (Å²) in [4.78, 5) is 11.1. The highest BCUT2D eigenvalue weighted by atomic mass is 32.1. The lowest BCUT2D eigenvalue weighted by atomic mass is 10.1. The lowest BCUT2D eigenvalue weighted by Crippen LogP contribution is -2.18. The fourth-order valence-corrected chi connectivity index (χ4v) is 2.21. The van der Waals surface area contributed by atoms with Crippen molar-refractivity contribution in [2.75, 3.05) is 6.61 Å². The molecule has 4 N–H and O–H groups in total. The molecule has 0 bridgehead atoms. The Labute approximate surface area is 96.6 Å². The van der Waals surface area contributed by atoms with Gasteiger partial charge in [0.15, 0.2) is 0 Å². The predicted molar refractivity (Wildman–Crippen MR) is 58.3 cm³/mol. The van der Waals surface area contributed by atoms with Crippen LogP contribution in [0, 0.1) is 0 Å². The van der Waals surface area contributed by atoms with Gasteiger partial charge in [-0.3, -0.25) is 4.79 Å². The SMILES string of the molecule is O=C(O)Cc1cc(C(O)C(O)CCO)cs1. The summed E-state index contributed by atoms with van der Waals surface area (Å²) in [5, 5.41) is 37.9. The Kier molecular flexibility index (Phi) is 4.88. The molecule has 1 aromatic heterocycles. The van der Waals surface area contributed by atoms with E-state index in [-0.39, 0.29) is 19.4 Å². The van der Waals surface area contributed by atoms with E-state index < -0.39 is 18.2 Å². The van der Waals surface area contributed by atoms with Gasteiger partial charge in [-0.2, -0.15) is 0 Å². The molecule has 1 heterocycles. The number of hydrogen-bond donors (Lipinski definition) is 4. The van der Waals surface area contributed by atoms with E-state index in [0.29, 0.717) is 10.4 Å².